The van der Waals surface area contributed by atoms with Gasteiger partial charge in [0, 0.05) is 5.69 Å². The van der Waals surface area contributed by atoms with Gasteiger partial charge in [0.2, 0.25) is 0 Å². The molecule has 3 N–H and O–H groups in total. The van der Waals surface area contributed by atoms with Gasteiger partial charge in [-0.3, -0.25) is 10.1 Å². The molecule has 5 heteroatoms. The zero-order valence-corrected chi connectivity index (χ0v) is 22.4. The number of anilines is 1. The van der Waals surface area contributed by atoms with Gasteiger partial charge in [0.15, 0.2) is 0 Å². The second-order valence-electron chi connectivity index (χ2n) is 9.53. The zero-order chi connectivity index (χ0) is 27.8. The van der Waals surface area contributed by atoms with Crippen molar-refractivity contribution in [1.29, 1.82) is 0 Å². The summed E-state index contributed by atoms with van der Waals surface area (Å²) in [5.41, 5.74) is 10.9. The Morgan fingerprint density at radius 3 is 1.70 bits per heavy atom. The van der Waals surface area contributed by atoms with Gasteiger partial charge >= 0.3 is 5.97 Å². The minimum Gasteiger partial charge on any atom is -0.491 e. The maximum Gasteiger partial charge on any atom is 0.326 e. The molecular weight excluding hydrogens is 496 g/mol. The van der Waals surface area contributed by atoms with Gasteiger partial charge in [-0.15, -0.1) is 0 Å². The van der Waals surface area contributed by atoms with Crippen molar-refractivity contribution in [3.05, 3.63) is 156 Å². The number of nitrogen functional groups attached to an aromatic ring is 1. The molecule has 0 saturated heterocycles. The highest BCUT2D eigenvalue weighted by Crippen LogP contribution is 2.37. The van der Waals surface area contributed by atoms with Gasteiger partial charge in [-0.05, 0) is 52.1 Å². The molecule has 0 radical (unpaired) electrons. The Balaban J connectivity index is 1.49. The summed E-state index contributed by atoms with van der Waals surface area (Å²) in [6.07, 6.45) is 0. The molecule has 0 amide bonds. The molecule has 5 aromatic rings. The number of hydrogen-bond acceptors (Lipinski definition) is 5. The SMILES string of the molecule is COC(=O)[C@H](COc1ccc(-c2cccc(N)c2)cc1)NC(c1ccccc1)(c1ccccc1)c1ccccc1. The molecule has 200 valence electrons. The minimum atomic E-state index is -0.844. The normalized spacial score (nSPS) is 11.9. The lowest BCUT2D eigenvalue weighted by molar-refractivity contribution is -0.144. The number of nitrogens with one attached hydrogen (secondary N) is 1. The molecule has 0 aliphatic carbocycles. The van der Waals surface area contributed by atoms with Crippen LogP contribution in [0.4, 0.5) is 5.69 Å². The van der Waals surface area contributed by atoms with E-state index in [1.807, 2.05) is 103 Å². The first-order valence-corrected chi connectivity index (χ1v) is 13.2. The number of carbonyl (C=O) groups excluding carboxylic acids is 1. The second-order valence-corrected chi connectivity index (χ2v) is 9.53. The summed E-state index contributed by atoms with van der Waals surface area (Å²) in [5.74, 6) is 0.233. The summed E-state index contributed by atoms with van der Waals surface area (Å²) < 4.78 is 11.4. The summed E-state index contributed by atoms with van der Waals surface area (Å²) in [6, 6.07) is 45.1. The maximum atomic E-state index is 13.2. The van der Waals surface area contributed by atoms with Gasteiger partial charge in [0.25, 0.3) is 0 Å². The smallest absolute Gasteiger partial charge is 0.326 e. The minimum absolute atomic E-state index is 0.0680. The Morgan fingerprint density at radius 1 is 0.700 bits per heavy atom. The fourth-order valence-corrected chi connectivity index (χ4v) is 5.03. The Kier molecular flexibility index (Phi) is 8.24. The van der Waals surface area contributed by atoms with E-state index in [1.165, 1.54) is 7.11 Å². The first kappa shape index (κ1) is 26.7. The fourth-order valence-electron chi connectivity index (χ4n) is 5.03. The molecule has 0 fully saturated rings. The van der Waals surface area contributed by atoms with Gasteiger partial charge in [-0.1, -0.05) is 115 Å². The van der Waals surface area contributed by atoms with Crippen LogP contribution in [-0.2, 0) is 15.1 Å². The van der Waals surface area contributed by atoms with Crippen LogP contribution in [0.1, 0.15) is 16.7 Å². The molecule has 0 saturated carbocycles. The van der Waals surface area contributed by atoms with E-state index in [9.17, 15) is 4.79 Å². The first-order chi connectivity index (χ1) is 19.6. The van der Waals surface area contributed by atoms with Gasteiger partial charge < -0.3 is 15.2 Å². The molecule has 0 aromatic heterocycles. The van der Waals surface area contributed by atoms with E-state index in [1.54, 1.807) is 0 Å². The lowest BCUT2D eigenvalue weighted by Gasteiger charge is -2.39. The third-order valence-corrected chi connectivity index (χ3v) is 6.99. The van der Waals surface area contributed by atoms with Crippen LogP contribution in [0.25, 0.3) is 11.1 Å². The molecule has 40 heavy (non-hydrogen) atoms. The van der Waals surface area contributed by atoms with Gasteiger partial charge in [0.1, 0.15) is 18.4 Å². The number of methoxy groups -OCH3 is 1. The number of hydrogen-bond donors (Lipinski definition) is 2. The number of rotatable bonds is 10. The molecule has 0 bridgehead atoms. The van der Waals surface area contributed by atoms with Crippen LogP contribution >= 0.6 is 0 Å². The van der Waals surface area contributed by atoms with Crippen LogP contribution < -0.4 is 15.8 Å². The Morgan fingerprint density at radius 2 is 1.23 bits per heavy atom. The van der Waals surface area contributed by atoms with Crippen molar-refractivity contribution < 1.29 is 14.3 Å². The molecule has 5 nitrogen and oxygen atoms in total. The van der Waals surface area contributed by atoms with Gasteiger partial charge in [0.05, 0.1) is 12.6 Å². The predicted molar refractivity (Wildman–Crippen MR) is 160 cm³/mol. The number of nitrogens with two attached hydrogens (primary N) is 1. The van der Waals surface area contributed by atoms with Crippen molar-refractivity contribution in [3.8, 4) is 16.9 Å². The molecule has 5 rings (SSSR count). The van der Waals surface area contributed by atoms with Crippen molar-refractivity contribution in [2.24, 2.45) is 0 Å². The highest BCUT2D eigenvalue weighted by molar-refractivity contribution is 5.76. The Labute approximate surface area is 235 Å². The van der Waals surface area contributed by atoms with E-state index in [4.69, 9.17) is 15.2 Å². The third kappa shape index (κ3) is 5.75. The number of carbonyl (C=O) groups is 1. The lowest BCUT2D eigenvalue weighted by atomic mass is 9.76. The summed E-state index contributed by atoms with van der Waals surface area (Å²) in [5, 5.41) is 3.67. The first-order valence-electron chi connectivity index (χ1n) is 13.2. The molecular formula is C35H32N2O3. The standard InChI is InChI=1S/C35H32N2O3/c1-39-34(38)33(25-40-32-22-20-26(21-23-32)27-12-11-19-31(36)24-27)37-35(28-13-5-2-6-14-28,29-15-7-3-8-16-29)30-17-9-4-10-18-30/h2-24,33,37H,25,36H2,1H3/t33-/m0/s1. The van der Waals surface area contributed by atoms with Crippen molar-refractivity contribution in [3.63, 3.8) is 0 Å². The monoisotopic (exact) mass is 528 g/mol. The average Bonchev–Trinajstić information content (AvgIpc) is 3.02. The molecule has 5 aromatic carbocycles. The molecule has 0 unspecified atom stereocenters. The van der Waals surface area contributed by atoms with Crippen LogP contribution in [0.2, 0.25) is 0 Å². The second kappa shape index (κ2) is 12.3. The van der Waals surface area contributed by atoms with Crippen molar-refractivity contribution in [1.82, 2.24) is 5.32 Å². The van der Waals surface area contributed by atoms with Crippen LogP contribution in [0.3, 0.4) is 0 Å². The number of ether oxygens (including phenoxy) is 2. The highest BCUT2D eigenvalue weighted by atomic mass is 16.5. The quantitative estimate of drug-likeness (QED) is 0.124. The summed E-state index contributed by atoms with van der Waals surface area (Å²) >= 11 is 0. The third-order valence-electron chi connectivity index (χ3n) is 6.99. The Bertz CT molecular complexity index is 1430. The molecule has 0 aliphatic rings. The Hall–Kier alpha value is -4.87. The molecule has 1 atom stereocenters. The highest BCUT2D eigenvalue weighted by Gasteiger charge is 2.40. The number of benzene rings is 5. The summed E-state index contributed by atoms with van der Waals surface area (Å²) in [7, 11) is 1.40. The van der Waals surface area contributed by atoms with E-state index < -0.39 is 17.6 Å². The topological polar surface area (TPSA) is 73.6 Å². The number of esters is 1. The van der Waals surface area contributed by atoms with Crippen LogP contribution in [0, 0.1) is 0 Å². The zero-order valence-electron chi connectivity index (χ0n) is 22.4. The van der Waals surface area contributed by atoms with E-state index in [0.717, 1.165) is 27.8 Å². The van der Waals surface area contributed by atoms with Crippen LogP contribution in [0.5, 0.6) is 5.75 Å². The van der Waals surface area contributed by atoms with Crippen molar-refractivity contribution in [2.45, 2.75) is 11.6 Å². The molecule has 0 spiro atoms. The van der Waals surface area contributed by atoms with E-state index in [2.05, 4.69) is 41.7 Å². The van der Waals surface area contributed by atoms with Crippen molar-refractivity contribution in [2.75, 3.05) is 19.5 Å². The largest absolute Gasteiger partial charge is 0.491 e. The van der Waals surface area contributed by atoms with E-state index in [-0.39, 0.29) is 6.61 Å². The molecule has 0 aliphatic heterocycles. The van der Waals surface area contributed by atoms with Crippen LogP contribution in [-0.4, -0.2) is 25.7 Å². The average molecular weight is 529 g/mol. The predicted octanol–water partition coefficient (Wildman–Crippen LogP) is 6.44. The lowest BCUT2D eigenvalue weighted by Crippen LogP contribution is -2.55. The van der Waals surface area contributed by atoms with E-state index >= 15 is 0 Å². The summed E-state index contributed by atoms with van der Waals surface area (Å²) in [4.78, 5) is 13.2. The van der Waals surface area contributed by atoms with Crippen LogP contribution in [0.15, 0.2) is 140 Å². The van der Waals surface area contributed by atoms with Gasteiger partial charge in [-0.2, -0.15) is 0 Å². The van der Waals surface area contributed by atoms with Gasteiger partial charge in [-0.25, -0.2) is 0 Å². The van der Waals surface area contributed by atoms with E-state index in [0.29, 0.717) is 11.4 Å². The van der Waals surface area contributed by atoms with Crippen molar-refractivity contribution >= 4 is 11.7 Å². The maximum absolute atomic E-state index is 13.2. The fraction of sp³-hybridized carbons (Fsp3) is 0.114. The molecule has 0 heterocycles. The summed E-state index contributed by atoms with van der Waals surface area (Å²) in [6.45, 7) is 0.0680.